The molecule has 0 bridgehead atoms. The predicted octanol–water partition coefficient (Wildman–Crippen LogP) is 5.37. The normalized spacial score (nSPS) is 18.9. The van der Waals surface area contributed by atoms with Crippen LogP contribution in [0.3, 0.4) is 0 Å². The van der Waals surface area contributed by atoms with E-state index in [0.717, 1.165) is 84.8 Å². The van der Waals surface area contributed by atoms with Crippen LogP contribution in [0.2, 0.25) is 0 Å². The Labute approximate surface area is 278 Å². The summed E-state index contributed by atoms with van der Waals surface area (Å²) in [5, 5.41) is 5.66. The molecule has 0 unspecified atom stereocenters. The molecule has 1 aromatic carbocycles. The Morgan fingerprint density at radius 2 is 1.70 bits per heavy atom. The van der Waals surface area contributed by atoms with Gasteiger partial charge in [-0.2, -0.15) is 0 Å². The third-order valence-electron chi connectivity index (χ3n) is 10.1. The van der Waals surface area contributed by atoms with E-state index in [1.807, 2.05) is 25.4 Å². The first-order chi connectivity index (χ1) is 22.7. The molecule has 250 valence electrons. The van der Waals surface area contributed by atoms with E-state index in [1.165, 1.54) is 18.5 Å². The minimum Gasteiger partial charge on any atom is -0.496 e. The third kappa shape index (κ3) is 7.09. The van der Waals surface area contributed by atoms with Gasteiger partial charge in [0, 0.05) is 84.9 Å². The van der Waals surface area contributed by atoms with Crippen LogP contribution in [0.5, 0.6) is 5.75 Å². The van der Waals surface area contributed by atoms with Gasteiger partial charge in [-0.1, -0.05) is 0 Å². The minimum atomic E-state index is -0.159. The van der Waals surface area contributed by atoms with E-state index in [2.05, 4.69) is 88.3 Å². The topological polar surface area (TPSA) is 92.9 Å². The van der Waals surface area contributed by atoms with Crippen LogP contribution < -0.4 is 25.4 Å². The molecule has 0 spiro atoms. The Balaban J connectivity index is 1.39. The van der Waals surface area contributed by atoms with Gasteiger partial charge in [0.2, 0.25) is 0 Å². The monoisotopic (exact) mass is 638 g/mol. The van der Waals surface area contributed by atoms with Crippen molar-refractivity contribution in [3.8, 4) is 16.9 Å². The zero-order valence-corrected chi connectivity index (χ0v) is 28.8. The number of aryl methyl sites for hydroxylation is 1. The molecule has 2 aliphatic rings. The van der Waals surface area contributed by atoms with Crippen molar-refractivity contribution in [2.45, 2.75) is 58.2 Å². The second kappa shape index (κ2) is 14.3. The number of anilines is 3. The molecule has 0 amide bonds. The standard InChI is InChI=1S/C37H50N8O2/c1-7-45(29-11-9-28(10-12-29)42(3)4)33-22-27(26-8-13-35(39-23-26)44-18-16-43(5)17-19-44)21-31-30(33)14-15-38-36(31)40-24-32-34(47-6)20-25(2)41-37(32)46/h8,13-15,20-23,28-29H,7,9-12,16-19,24H2,1-6H3,(H,38,40)(H,41,46). The highest BCUT2D eigenvalue weighted by Gasteiger charge is 2.28. The number of nitrogens with one attached hydrogen (secondary N) is 2. The lowest BCUT2D eigenvalue weighted by molar-refractivity contribution is 0.214. The van der Waals surface area contributed by atoms with Crippen LogP contribution in [-0.4, -0.2) is 97.8 Å². The lowest BCUT2D eigenvalue weighted by Crippen LogP contribution is -2.44. The number of benzene rings is 1. The Kier molecular flexibility index (Phi) is 9.98. The van der Waals surface area contributed by atoms with Gasteiger partial charge in [0.25, 0.3) is 5.56 Å². The zero-order valence-electron chi connectivity index (χ0n) is 28.8. The van der Waals surface area contributed by atoms with E-state index in [4.69, 9.17) is 14.7 Å². The van der Waals surface area contributed by atoms with E-state index >= 15 is 0 Å². The molecule has 0 radical (unpaired) electrons. The number of piperazine rings is 1. The Bertz CT molecular complexity index is 1720. The number of aromatic amines is 1. The SMILES string of the molecule is CCN(c1cc(-c2ccc(N3CCN(C)CC3)nc2)cc2c(NCc3c(OC)cc(C)[nH]c3=O)nccc12)C1CCC(N(C)C)CC1. The van der Waals surface area contributed by atoms with Crippen molar-refractivity contribution in [3.05, 3.63) is 70.4 Å². The summed E-state index contributed by atoms with van der Waals surface area (Å²) in [4.78, 5) is 35.2. The van der Waals surface area contributed by atoms with Crippen LogP contribution in [0.15, 0.2) is 53.6 Å². The fourth-order valence-corrected chi connectivity index (χ4v) is 7.31. The average molecular weight is 639 g/mol. The van der Waals surface area contributed by atoms with Gasteiger partial charge in [0.15, 0.2) is 0 Å². The van der Waals surface area contributed by atoms with Crippen molar-refractivity contribution < 1.29 is 4.74 Å². The number of fused-ring (bicyclic) bond motifs is 1. The molecule has 2 N–H and O–H groups in total. The Morgan fingerprint density at radius 3 is 2.36 bits per heavy atom. The van der Waals surface area contributed by atoms with Gasteiger partial charge < -0.3 is 34.6 Å². The Hall–Kier alpha value is -4.15. The van der Waals surface area contributed by atoms with Gasteiger partial charge in [-0.15, -0.1) is 0 Å². The van der Waals surface area contributed by atoms with Gasteiger partial charge in [0.05, 0.1) is 19.2 Å². The molecule has 10 nitrogen and oxygen atoms in total. The van der Waals surface area contributed by atoms with Crippen LogP contribution in [0.25, 0.3) is 21.9 Å². The molecule has 6 rings (SSSR count). The van der Waals surface area contributed by atoms with E-state index in [9.17, 15) is 4.79 Å². The van der Waals surface area contributed by atoms with Crippen molar-refractivity contribution in [1.82, 2.24) is 24.8 Å². The first-order valence-corrected chi connectivity index (χ1v) is 17.0. The molecule has 1 saturated heterocycles. The summed E-state index contributed by atoms with van der Waals surface area (Å²) in [6.45, 7) is 9.39. The maximum absolute atomic E-state index is 12.9. The molecule has 47 heavy (non-hydrogen) atoms. The number of rotatable bonds is 10. The molecule has 0 atom stereocenters. The van der Waals surface area contributed by atoms with E-state index < -0.39 is 0 Å². The predicted molar refractivity (Wildman–Crippen MR) is 193 cm³/mol. The second-order valence-electron chi connectivity index (χ2n) is 13.3. The highest BCUT2D eigenvalue weighted by molar-refractivity contribution is 6.03. The van der Waals surface area contributed by atoms with Crippen LogP contribution in [0.1, 0.15) is 43.9 Å². The molecule has 1 aliphatic heterocycles. The second-order valence-corrected chi connectivity index (χ2v) is 13.3. The summed E-state index contributed by atoms with van der Waals surface area (Å²) in [7, 11) is 8.17. The van der Waals surface area contributed by atoms with Crippen molar-refractivity contribution in [1.29, 1.82) is 0 Å². The number of hydrogen-bond acceptors (Lipinski definition) is 9. The summed E-state index contributed by atoms with van der Waals surface area (Å²) in [6, 6.07) is 14.0. The van der Waals surface area contributed by atoms with Gasteiger partial charge >= 0.3 is 0 Å². The first kappa shape index (κ1) is 32.8. The molecule has 3 aromatic heterocycles. The number of ether oxygens (including phenoxy) is 1. The van der Waals surface area contributed by atoms with E-state index in [0.29, 0.717) is 23.4 Å². The number of pyridine rings is 3. The maximum atomic E-state index is 12.9. The first-order valence-electron chi connectivity index (χ1n) is 17.0. The maximum Gasteiger partial charge on any atom is 0.256 e. The lowest BCUT2D eigenvalue weighted by Gasteiger charge is -2.40. The average Bonchev–Trinajstić information content (AvgIpc) is 3.08. The molecule has 2 fully saturated rings. The van der Waals surface area contributed by atoms with Gasteiger partial charge in [0.1, 0.15) is 17.4 Å². The van der Waals surface area contributed by atoms with E-state index in [-0.39, 0.29) is 12.1 Å². The van der Waals surface area contributed by atoms with Crippen molar-refractivity contribution in [3.63, 3.8) is 0 Å². The van der Waals surface area contributed by atoms with Crippen LogP contribution in [0.4, 0.5) is 17.3 Å². The highest BCUT2D eigenvalue weighted by Crippen LogP contribution is 2.39. The smallest absolute Gasteiger partial charge is 0.256 e. The number of H-pyrrole nitrogens is 1. The molecule has 1 aliphatic carbocycles. The quantitative estimate of drug-likeness (QED) is 0.238. The summed E-state index contributed by atoms with van der Waals surface area (Å²) in [5.41, 5.74) is 4.54. The van der Waals surface area contributed by atoms with Crippen LogP contribution in [-0.2, 0) is 6.54 Å². The third-order valence-corrected chi connectivity index (χ3v) is 10.1. The van der Waals surface area contributed by atoms with Gasteiger partial charge in [-0.25, -0.2) is 9.97 Å². The summed E-state index contributed by atoms with van der Waals surface area (Å²) in [5.74, 6) is 2.33. The molecule has 10 heteroatoms. The summed E-state index contributed by atoms with van der Waals surface area (Å²) >= 11 is 0. The van der Waals surface area contributed by atoms with Crippen LogP contribution >= 0.6 is 0 Å². The van der Waals surface area contributed by atoms with Crippen molar-refractivity contribution in [2.75, 3.05) is 76.1 Å². The summed E-state index contributed by atoms with van der Waals surface area (Å²) < 4.78 is 5.57. The number of methoxy groups -OCH3 is 1. The zero-order chi connectivity index (χ0) is 33.1. The minimum absolute atomic E-state index is 0.159. The molecular formula is C37H50N8O2. The highest BCUT2D eigenvalue weighted by atomic mass is 16.5. The lowest BCUT2D eigenvalue weighted by atomic mass is 9.88. The summed E-state index contributed by atoms with van der Waals surface area (Å²) in [6.07, 6.45) is 8.60. The fourth-order valence-electron chi connectivity index (χ4n) is 7.31. The largest absolute Gasteiger partial charge is 0.496 e. The number of aromatic nitrogens is 3. The molecule has 4 heterocycles. The number of likely N-dealkylation sites (N-methyl/N-ethyl adjacent to an activating group) is 1. The van der Waals surface area contributed by atoms with Gasteiger partial charge in [-0.05, 0) is 103 Å². The van der Waals surface area contributed by atoms with Crippen molar-refractivity contribution in [2.24, 2.45) is 0 Å². The fraction of sp³-hybridized carbons (Fsp3) is 0.486. The van der Waals surface area contributed by atoms with E-state index in [1.54, 1.807) is 7.11 Å². The Morgan fingerprint density at radius 1 is 0.957 bits per heavy atom. The number of hydrogen-bond donors (Lipinski definition) is 2. The van der Waals surface area contributed by atoms with Crippen molar-refractivity contribution >= 4 is 28.1 Å². The molecule has 1 saturated carbocycles. The van der Waals surface area contributed by atoms with Crippen LogP contribution in [0, 0.1) is 6.92 Å². The molecule has 4 aromatic rings. The van der Waals surface area contributed by atoms with Gasteiger partial charge in [-0.3, -0.25) is 4.79 Å². The number of nitrogens with zero attached hydrogens (tertiary/aromatic N) is 6. The molecular weight excluding hydrogens is 588 g/mol.